The predicted molar refractivity (Wildman–Crippen MR) is 63.5 cm³/mol. The largest absolute Gasteiger partial charge is 0.341 e. The van der Waals surface area contributed by atoms with Crippen molar-refractivity contribution in [2.75, 3.05) is 7.05 Å². The highest BCUT2D eigenvalue weighted by Crippen LogP contribution is 2.08. The van der Waals surface area contributed by atoms with Gasteiger partial charge >= 0.3 is 0 Å². The van der Waals surface area contributed by atoms with Gasteiger partial charge in [0.1, 0.15) is 5.82 Å². The average molecular weight is 220 g/mol. The first-order chi connectivity index (χ1) is 7.63. The van der Waals surface area contributed by atoms with Crippen LogP contribution in [0, 0.1) is 0 Å². The molecule has 2 heterocycles. The quantitative estimate of drug-likeness (QED) is 0.812. The zero-order valence-corrected chi connectivity index (χ0v) is 9.74. The summed E-state index contributed by atoms with van der Waals surface area (Å²) in [5.74, 6) is 0.788. The monoisotopic (exact) mass is 220 g/mol. The summed E-state index contributed by atoms with van der Waals surface area (Å²) in [5, 5.41) is 3.00. The Morgan fingerprint density at radius 3 is 2.94 bits per heavy atom. The van der Waals surface area contributed by atoms with Gasteiger partial charge in [-0.1, -0.05) is 0 Å². The summed E-state index contributed by atoms with van der Waals surface area (Å²) < 4.78 is 1.69. The number of aromatic nitrogens is 3. The predicted octanol–water partition coefficient (Wildman–Crippen LogP) is 1.02. The lowest BCUT2D eigenvalue weighted by Gasteiger charge is -2.07. The summed E-state index contributed by atoms with van der Waals surface area (Å²) in [5.41, 5.74) is 1.28. The van der Waals surface area contributed by atoms with Crippen LogP contribution in [0.5, 0.6) is 0 Å². The maximum absolute atomic E-state index is 12.0. The van der Waals surface area contributed by atoms with Gasteiger partial charge in [0.15, 0.2) is 5.52 Å². The molecule has 0 atom stereocenters. The summed E-state index contributed by atoms with van der Waals surface area (Å²) >= 11 is 0. The van der Waals surface area contributed by atoms with E-state index in [0.29, 0.717) is 12.1 Å². The number of H-pyrrole nitrogens is 1. The van der Waals surface area contributed by atoms with E-state index in [2.05, 4.69) is 15.3 Å². The van der Waals surface area contributed by atoms with E-state index in [0.717, 1.165) is 11.3 Å². The fraction of sp³-hybridized carbons (Fsp3) is 0.455. The van der Waals surface area contributed by atoms with Gasteiger partial charge in [-0.25, -0.2) is 4.98 Å². The molecule has 0 saturated carbocycles. The van der Waals surface area contributed by atoms with Crippen molar-refractivity contribution >= 4 is 11.0 Å². The zero-order valence-electron chi connectivity index (χ0n) is 9.74. The number of rotatable bonds is 3. The number of hydrogen-bond donors (Lipinski definition) is 2. The van der Waals surface area contributed by atoms with Crippen molar-refractivity contribution in [3.05, 3.63) is 28.4 Å². The van der Waals surface area contributed by atoms with Crippen LogP contribution in [0.4, 0.5) is 0 Å². The number of aromatic amines is 1. The molecule has 0 aliphatic carbocycles. The van der Waals surface area contributed by atoms with Crippen LogP contribution in [0.3, 0.4) is 0 Å². The van der Waals surface area contributed by atoms with E-state index in [-0.39, 0.29) is 11.6 Å². The van der Waals surface area contributed by atoms with E-state index in [1.165, 1.54) is 0 Å². The molecule has 0 aliphatic rings. The molecule has 5 heteroatoms. The number of pyridine rings is 1. The Morgan fingerprint density at radius 1 is 1.56 bits per heavy atom. The second-order valence-corrected chi connectivity index (χ2v) is 4.10. The lowest BCUT2D eigenvalue weighted by Crippen LogP contribution is -2.21. The molecular formula is C11H16N4O. The number of fused-ring (bicyclic) bond motifs is 1. The summed E-state index contributed by atoms with van der Waals surface area (Å²) in [4.78, 5) is 19.5. The first-order valence-corrected chi connectivity index (χ1v) is 5.38. The van der Waals surface area contributed by atoms with E-state index in [1.54, 1.807) is 10.8 Å². The second kappa shape index (κ2) is 4.09. The molecule has 2 aromatic heterocycles. The zero-order chi connectivity index (χ0) is 11.7. The Balaban J connectivity index is 2.60. The van der Waals surface area contributed by atoms with Crippen LogP contribution in [0.15, 0.2) is 17.1 Å². The van der Waals surface area contributed by atoms with Gasteiger partial charge in [-0.15, -0.1) is 0 Å². The van der Waals surface area contributed by atoms with Crippen molar-refractivity contribution in [2.45, 2.75) is 26.4 Å². The van der Waals surface area contributed by atoms with Gasteiger partial charge in [0.25, 0.3) is 5.56 Å². The lowest BCUT2D eigenvalue weighted by molar-refractivity contribution is 0.582. The molecule has 0 fully saturated rings. The number of hydrogen-bond acceptors (Lipinski definition) is 3. The highest BCUT2D eigenvalue weighted by atomic mass is 16.1. The smallest absolute Gasteiger partial charge is 0.278 e. The van der Waals surface area contributed by atoms with Crippen LogP contribution in [-0.4, -0.2) is 21.6 Å². The van der Waals surface area contributed by atoms with Crippen LogP contribution >= 0.6 is 0 Å². The van der Waals surface area contributed by atoms with Crippen LogP contribution in [0.25, 0.3) is 11.0 Å². The molecule has 86 valence electrons. The first-order valence-electron chi connectivity index (χ1n) is 5.38. The van der Waals surface area contributed by atoms with Gasteiger partial charge in [-0.3, -0.25) is 4.79 Å². The number of nitrogens with zero attached hydrogens (tertiary/aromatic N) is 2. The highest BCUT2D eigenvalue weighted by molar-refractivity contribution is 5.73. The molecule has 2 rings (SSSR count). The van der Waals surface area contributed by atoms with Crippen molar-refractivity contribution in [3.63, 3.8) is 0 Å². The topological polar surface area (TPSA) is 62.7 Å². The van der Waals surface area contributed by atoms with Gasteiger partial charge in [0, 0.05) is 12.2 Å². The van der Waals surface area contributed by atoms with E-state index in [9.17, 15) is 4.79 Å². The molecular weight excluding hydrogens is 204 g/mol. The van der Waals surface area contributed by atoms with Gasteiger partial charge in [-0.05, 0) is 27.0 Å². The summed E-state index contributed by atoms with van der Waals surface area (Å²) in [6, 6.07) is 2.05. The fourth-order valence-corrected chi connectivity index (χ4v) is 1.72. The Bertz CT molecular complexity index is 553. The van der Waals surface area contributed by atoms with Crippen LogP contribution in [-0.2, 0) is 6.54 Å². The third-order valence-electron chi connectivity index (χ3n) is 2.52. The van der Waals surface area contributed by atoms with E-state index in [4.69, 9.17) is 0 Å². The third-order valence-corrected chi connectivity index (χ3v) is 2.52. The summed E-state index contributed by atoms with van der Waals surface area (Å²) in [6.45, 7) is 4.60. The van der Waals surface area contributed by atoms with Crippen molar-refractivity contribution < 1.29 is 0 Å². The van der Waals surface area contributed by atoms with Gasteiger partial charge in [0.2, 0.25) is 0 Å². The first kappa shape index (κ1) is 10.9. The van der Waals surface area contributed by atoms with Crippen LogP contribution < -0.4 is 10.9 Å². The molecule has 0 amide bonds. The maximum Gasteiger partial charge on any atom is 0.278 e. The second-order valence-electron chi connectivity index (χ2n) is 4.10. The standard InChI is InChI=1S/C11H16N4O/c1-7(2)15-5-4-8-10(11(15)16)14-9(13-8)6-12-3/h4-5,7,12H,6H2,1-3H3,(H,13,14). The Hall–Kier alpha value is -1.62. The van der Waals surface area contributed by atoms with Gasteiger partial charge in [-0.2, -0.15) is 0 Å². The summed E-state index contributed by atoms with van der Waals surface area (Å²) in [6.07, 6.45) is 1.80. The molecule has 0 aliphatic heterocycles. The maximum atomic E-state index is 12.0. The highest BCUT2D eigenvalue weighted by Gasteiger charge is 2.09. The Morgan fingerprint density at radius 2 is 2.31 bits per heavy atom. The molecule has 16 heavy (non-hydrogen) atoms. The van der Waals surface area contributed by atoms with Crippen LogP contribution in [0.1, 0.15) is 25.7 Å². The fourth-order valence-electron chi connectivity index (χ4n) is 1.72. The van der Waals surface area contributed by atoms with Gasteiger partial charge < -0.3 is 14.9 Å². The minimum Gasteiger partial charge on any atom is -0.341 e. The summed E-state index contributed by atoms with van der Waals surface area (Å²) in [7, 11) is 1.85. The SMILES string of the molecule is CNCc1nc2c(=O)n(C(C)C)ccc2[nH]1. The van der Waals surface area contributed by atoms with Crippen LogP contribution in [0.2, 0.25) is 0 Å². The van der Waals surface area contributed by atoms with Crippen molar-refractivity contribution in [1.82, 2.24) is 19.9 Å². The lowest BCUT2D eigenvalue weighted by atomic mass is 10.3. The molecule has 0 unspecified atom stereocenters. The van der Waals surface area contributed by atoms with Crippen molar-refractivity contribution in [1.29, 1.82) is 0 Å². The molecule has 0 spiro atoms. The van der Waals surface area contributed by atoms with Gasteiger partial charge in [0.05, 0.1) is 12.1 Å². The molecule has 0 radical (unpaired) electrons. The molecule has 2 aromatic rings. The van der Waals surface area contributed by atoms with E-state index >= 15 is 0 Å². The van der Waals surface area contributed by atoms with Crippen molar-refractivity contribution in [3.8, 4) is 0 Å². The minimum atomic E-state index is -0.0360. The number of imidazole rings is 1. The molecule has 0 bridgehead atoms. The van der Waals surface area contributed by atoms with E-state index < -0.39 is 0 Å². The Labute approximate surface area is 93.5 Å². The van der Waals surface area contributed by atoms with E-state index in [1.807, 2.05) is 27.0 Å². The molecule has 2 N–H and O–H groups in total. The minimum absolute atomic E-state index is 0.0360. The normalized spacial score (nSPS) is 11.5. The van der Waals surface area contributed by atoms with Crippen molar-refractivity contribution in [2.24, 2.45) is 0 Å². The molecule has 0 saturated heterocycles. The average Bonchev–Trinajstić information content (AvgIpc) is 2.62. The third kappa shape index (κ3) is 1.74. The molecule has 5 nitrogen and oxygen atoms in total. The Kier molecular flexibility index (Phi) is 2.78. The number of nitrogens with one attached hydrogen (secondary N) is 2. The molecule has 0 aromatic carbocycles.